The van der Waals surface area contributed by atoms with Crippen LogP contribution >= 0.6 is 0 Å². The van der Waals surface area contributed by atoms with E-state index in [4.69, 9.17) is 24.1 Å². The highest BCUT2D eigenvalue weighted by molar-refractivity contribution is 5.95. The number of amides is 1. The number of carboxylic acid groups (broad SMARTS) is 2. The van der Waals surface area contributed by atoms with Crippen molar-refractivity contribution in [3.63, 3.8) is 0 Å². The van der Waals surface area contributed by atoms with Crippen molar-refractivity contribution in [2.75, 3.05) is 20.3 Å². The van der Waals surface area contributed by atoms with Crippen LogP contribution in [0, 0.1) is 0 Å². The molecule has 0 radical (unpaired) electrons. The summed E-state index contributed by atoms with van der Waals surface area (Å²) < 4.78 is 23.7. The van der Waals surface area contributed by atoms with Crippen molar-refractivity contribution in [1.82, 2.24) is 5.32 Å². The third-order valence-electron chi connectivity index (χ3n) is 7.80. The quantitative estimate of drug-likeness (QED) is 0.138. The number of aryl methyl sites for hydroxylation is 1. The molecule has 0 fully saturated rings. The molecule has 2 aromatic carbocycles. The Kier molecular flexibility index (Phi) is 13.5. The molecule has 250 valence electrons. The fraction of sp³-hybridized carbons (Fsp3) is 0.378. The third kappa shape index (κ3) is 11.1. The minimum atomic E-state index is -0.878. The summed E-state index contributed by atoms with van der Waals surface area (Å²) in [5, 5.41) is 20.8. The van der Waals surface area contributed by atoms with Crippen molar-refractivity contribution < 1.29 is 43.5 Å². The Morgan fingerprint density at radius 2 is 1.66 bits per heavy atom. The average Bonchev–Trinajstić information content (AvgIpc) is 3.09. The van der Waals surface area contributed by atoms with E-state index in [1.54, 1.807) is 25.4 Å². The fourth-order valence-electron chi connectivity index (χ4n) is 5.36. The molecule has 0 aromatic heterocycles. The molecule has 0 atom stereocenters. The van der Waals surface area contributed by atoms with Gasteiger partial charge in [0.15, 0.2) is 11.5 Å². The van der Waals surface area contributed by atoms with Gasteiger partial charge in [-0.25, -0.2) is 0 Å². The zero-order chi connectivity index (χ0) is 33.4. The summed E-state index contributed by atoms with van der Waals surface area (Å²) in [6.45, 7) is 0.733. The van der Waals surface area contributed by atoms with Gasteiger partial charge >= 0.3 is 11.9 Å². The number of ether oxygens (including phenoxy) is 4. The highest BCUT2D eigenvalue weighted by atomic mass is 16.5. The minimum Gasteiger partial charge on any atom is -0.494 e. The molecule has 1 heterocycles. The zero-order valence-electron chi connectivity index (χ0n) is 26.8. The Labute approximate surface area is 275 Å². The zero-order valence-corrected chi connectivity index (χ0v) is 26.8. The molecule has 1 aliphatic carbocycles. The second kappa shape index (κ2) is 18.2. The lowest BCUT2D eigenvalue weighted by Crippen LogP contribution is -2.18. The van der Waals surface area contributed by atoms with E-state index in [1.165, 1.54) is 6.26 Å². The molecule has 1 amide bonds. The van der Waals surface area contributed by atoms with Crippen LogP contribution in [0.25, 0.3) is 5.76 Å². The summed E-state index contributed by atoms with van der Waals surface area (Å²) in [6.07, 6.45) is 16.1. The predicted molar refractivity (Wildman–Crippen MR) is 177 cm³/mol. The number of hydrogen-bond acceptors (Lipinski definition) is 7. The van der Waals surface area contributed by atoms with E-state index < -0.39 is 11.9 Å². The molecule has 4 rings (SSSR count). The third-order valence-corrected chi connectivity index (χ3v) is 7.80. The molecule has 0 saturated carbocycles. The molecule has 0 unspecified atom stereocenters. The Bertz CT molecular complexity index is 1540. The van der Waals surface area contributed by atoms with E-state index in [0.717, 1.165) is 61.6 Å². The lowest BCUT2D eigenvalue weighted by Gasteiger charge is -2.20. The Morgan fingerprint density at radius 1 is 0.872 bits per heavy atom. The first kappa shape index (κ1) is 34.9. The first-order valence-electron chi connectivity index (χ1n) is 16.1. The molecule has 2 aliphatic rings. The average molecular weight is 646 g/mol. The van der Waals surface area contributed by atoms with E-state index in [2.05, 4.69) is 11.4 Å². The SMILES string of the molecule is CNC(=O)c1cc(OCCCCCCc2cccc(OCCCC(=O)O)c2CCC(=O)O)cc(C2=COC=C(C3=CC=CCC3)O2)c1. The summed E-state index contributed by atoms with van der Waals surface area (Å²) in [6, 6.07) is 11.0. The lowest BCUT2D eigenvalue weighted by molar-refractivity contribution is -0.138. The van der Waals surface area contributed by atoms with Crippen LogP contribution < -0.4 is 14.8 Å². The number of carboxylic acids is 2. The van der Waals surface area contributed by atoms with Gasteiger partial charge in [-0.1, -0.05) is 43.2 Å². The van der Waals surface area contributed by atoms with Gasteiger partial charge in [-0.05, 0) is 85.9 Å². The van der Waals surface area contributed by atoms with Crippen molar-refractivity contribution in [2.24, 2.45) is 0 Å². The van der Waals surface area contributed by atoms with Gasteiger partial charge in [0, 0.05) is 31.0 Å². The second-order valence-corrected chi connectivity index (χ2v) is 11.3. The Hall–Kier alpha value is -4.99. The van der Waals surface area contributed by atoms with Crippen LogP contribution in [0.5, 0.6) is 11.5 Å². The fourth-order valence-corrected chi connectivity index (χ4v) is 5.36. The van der Waals surface area contributed by atoms with Gasteiger partial charge in [-0.2, -0.15) is 0 Å². The molecule has 47 heavy (non-hydrogen) atoms. The van der Waals surface area contributed by atoms with Gasteiger partial charge in [0.2, 0.25) is 0 Å². The summed E-state index contributed by atoms with van der Waals surface area (Å²) in [4.78, 5) is 34.6. The van der Waals surface area contributed by atoms with Crippen molar-refractivity contribution in [3.8, 4) is 11.5 Å². The molecule has 2 aromatic rings. The van der Waals surface area contributed by atoms with Crippen LogP contribution in [0.2, 0.25) is 0 Å². The van der Waals surface area contributed by atoms with Gasteiger partial charge in [-0.15, -0.1) is 0 Å². The molecule has 10 heteroatoms. The molecule has 0 spiro atoms. The van der Waals surface area contributed by atoms with Crippen molar-refractivity contribution >= 4 is 23.6 Å². The number of nitrogens with one attached hydrogen (secondary N) is 1. The molecular formula is C37H43NO9. The van der Waals surface area contributed by atoms with Gasteiger partial charge in [0.1, 0.15) is 24.0 Å². The monoisotopic (exact) mass is 645 g/mol. The van der Waals surface area contributed by atoms with E-state index in [-0.39, 0.29) is 25.4 Å². The smallest absolute Gasteiger partial charge is 0.303 e. The van der Waals surface area contributed by atoms with Crippen LogP contribution in [0.3, 0.4) is 0 Å². The van der Waals surface area contributed by atoms with Gasteiger partial charge in [0.25, 0.3) is 5.91 Å². The van der Waals surface area contributed by atoms with E-state index in [9.17, 15) is 19.5 Å². The summed E-state index contributed by atoms with van der Waals surface area (Å²) in [5.41, 5.74) is 4.09. The molecule has 10 nitrogen and oxygen atoms in total. The summed E-state index contributed by atoms with van der Waals surface area (Å²) >= 11 is 0. The van der Waals surface area contributed by atoms with E-state index in [1.807, 2.05) is 36.4 Å². The maximum absolute atomic E-state index is 12.5. The highest BCUT2D eigenvalue weighted by Gasteiger charge is 2.19. The molecular weight excluding hydrogens is 602 g/mol. The minimum absolute atomic E-state index is 0.00729. The number of aliphatic carboxylic acids is 2. The number of benzene rings is 2. The van der Waals surface area contributed by atoms with Crippen molar-refractivity contribution in [1.29, 1.82) is 0 Å². The standard InChI is InChI=1S/C37H43NO9/c1-38-37(43)29-21-28(34-25-44-24-33(47-34)27-12-6-4-7-13-27)22-30(23-29)45-19-8-3-2-5-11-26-14-9-15-32(31(26)17-18-36(41)42)46-20-10-16-35(39)40/h4,6,9,12,14-15,21-25H,2-3,5,7-8,10-11,13,16-20H2,1H3,(H,38,43)(H,39,40)(H,41,42). The maximum atomic E-state index is 12.5. The molecule has 0 saturated heterocycles. The van der Waals surface area contributed by atoms with Gasteiger partial charge < -0.3 is 34.5 Å². The Morgan fingerprint density at radius 3 is 2.43 bits per heavy atom. The number of carbonyl (C=O) groups is 3. The van der Waals surface area contributed by atoms with E-state index in [0.29, 0.717) is 53.6 Å². The summed E-state index contributed by atoms with van der Waals surface area (Å²) in [5.74, 6) is 0.330. The van der Waals surface area contributed by atoms with Crippen LogP contribution in [0.1, 0.15) is 84.8 Å². The maximum Gasteiger partial charge on any atom is 0.303 e. The van der Waals surface area contributed by atoms with Crippen LogP contribution in [-0.4, -0.2) is 48.3 Å². The van der Waals surface area contributed by atoms with Gasteiger partial charge in [-0.3, -0.25) is 14.4 Å². The first-order chi connectivity index (χ1) is 22.8. The number of hydrogen-bond donors (Lipinski definition) is 3. The predicted octanol–water partition coefficient (Wildman–Crippen LogP) is 6.95. The number of rotatable bonds is 19. The van der Waals surface area contributed by atoms with Crippen LogP contribution in [0.4, 0.5) is 0 Å². The van der Waals surface area contributed by atoms with E-state index >= 15 is 0 Å². The largest absolute Gasteiger partial charge is 0.494 e. The van der Waals surface area contributed by atoms with Crippen LogP contribution in [-0.2, 0) is 31.9 Å². The number of unbranched alkanes of at least 4 members (excludes halogenated alkanes) is 3. The van der Waals surface area contributed by atoms with Crippen LogP contribution in [0.15, 0.2) is 78.5 Å². The molecule has 3 N–H and O–H groups in total. The van der Waals surface area contributed by atoms with Crippen molar-refractivity contribution in [3.05, 3.63) is 101 Å². The lowest BCUT2D eigenvalue weighted by atomic mass is 9.97. The van der Waals surface area contributed by atoms with Crippen molar-refractivity contribution in [2.45, 2.75) is 70.6 Å². The normalized spacial score (nSPS) is 13.8. The molecule has 0 bridgehead atoms. The topological polar surface area (TPSA) is 141 Å². The first-order valence-corrected chi connectivity index (χ1v) is 16.1. The Balaban J connectivity index is 1.29. The second-order valence-electron chi connectivity index (χ2n) is 11.3. The number of allylic oxidation sites excluding steroid dienone is 4. The number of carbonyl (C=O) groups excluding carboxylic acids is 1. The highest BCUT2D eigenvalue weighted by Crippen LogP contribution is 2.32. The summed E-state index contributed by atoms with van der Waals surface area (Å²) in [7, 11) is 1.58. The van der Waals surface area contributed by atoms with Gasteiger partial charge in [0.05, 0.1) is 13.2 Å². The molecule has 1 aliphatic heterocycles.